The molecule has 1 aromatic heterocycles. The maximum atomic E-state index is 12.3. The average molecular weight is 310 g/mol. The first-order valence-corrected chi connectivity index (χ1v) is 8.03. The number of anilines is 1. The molecule has 1 aliphatic heterocycles. The highest BCUT2D eigenvalue weighted by Crippen LogP contribution is 2.19. The summed E-state index contributed by atoms with van der Waals surface area (Å²) in [6.07, 6.45) is 2.70. The van der Waals surface area contributed by atoms with Crippen LogP contribution in [0, 0.1) is 0 Å². The lowest BCUT2D eigenvalue weighted by atomic mass is 10.0. The van der Waals surface area contributed by atoms with E-state index in [4.69, 9.17) is 0 Å². The van der Waals surface area contributed by atoms with Gasteiger partial charge in [0.1, 0.15) is 6.04 Å². The Morgan fingerprint density at radius 1 is 1.48 bits per heavy atom. The minimum atomic E-state index is -0.330. The van der Waals surface area contributed by atoms with Gasteiger partial charge in [-0.1, -0.05) is 0 Å². The standard InChI is InChI=1S/C14H22N4O2S/c1-10(19)18-7-5-4-6-12(18)13(20)15-8-11-9-21-14(16-11)17(2)3/h9,12H,4-8H2,1-3H3,(H,15,20)/t12-/m0/s1. The number of nitrogens with zero attached hydrogens (tertiary/aromatic N) is 3. The monoisotopic (exact) mass is 310 g/mol. The second-order valence-electron chi connectivity index (χ2n) is 5.46. The number of hydrogen-bond acceptors (Lipinski definition) is 5. The van der Waals surface area contributed by atoms with E-state index in [-0.39, 0.29) is 17.9 Å². The highest BCUT2D eigenvalue weighted by Gasteiger charge is 2.30. The van der Waals surface area contributed by atoms with Crippen molar-refractivity contribution in [1.82, 2.24) is 15.2 Å². The molecule has 1 saturated heterocycles. The molecule has 6 nitrogen and oxygen atoms in total. The van der Waals surface area contributed by atoms with Gasteiger partial charge in [0.25, 0.3) is 0 Å². The van der Waals surface area contributed by atoms with E-state index in [0.717, 1.165) is 30.1 Å². The SMILES string of the molecule is CC(=O)N1CCCC[C@H]1C(=O)NCc1csc(N(C)C)n1. The van der Waals surface area contributed by atoms with Gasteiger partial charge in [-0.25, -0.2) is 4.98 Å². The summed E-state index contributed by atoms with van der Waals surface area (Å²) >= 11 is 1.55. The van der Waals surface area contributed by atoms with Crippen molar-refractivity contribution < 1.29 is 9.59 Å². The molecule has 0 aliphatic carbocycles. The van der Waals surface area contributed by atoms with E-state index in [2.05, 4.69) is 10.3 Å². The Labute approximate surface area is 129 Å². The third kappa shape index (κ3) is 3.93. The van der Waals surface area contributed by atoms with Gasteiger partial charge in [-0.3, -0.25) is 9.59 Å². The molecule has 21 heavy (non-hydrogen) atoms. The van der Waals surface area contributed by atoms with Gasteiger partial charge in [0.15, 0.2) is 5.13 Å². The van der Waals surface area contributed by atoms with Crippen LogP contribution in [0.4, 0.5) is 5.13 Å². The molecule has 1 aliphatic rings. The number of carbonyl (C=O) groups excluding carboxylic acids is 2. The molecule has 7 heteroatoms. The van der Waals surface area contributed by atoms with Gasteiger partial charge in [-0.2, -0.15) is 0 Å². The van der Waals surface area contributed by atoms with Crippen molar-refractivity contribution in [3.05, 3.63) is 11.1 Å². The van der Waals surface area contributed by atoms with Crippen LogP contribution >= 0.6 is 11.3 Å². The number of nitrogens with one attached hydrogen (secondary N) is 1. The van der Waals surface area contributed by atoms with E-state index in [1.165, 1.54) is 6.92 Å². The van der Waals surface area contributed by atoms with Crippen molar-refractivity contribution in [2.24, 2.45) is 0 Å². The van der Waals surface area contributed by atoms with Crippen LogP contribution in [0.3, 0.4) is 0 Å². The topological polar surface area (TPSA) is 65.5 Å². The van der Waals surface area contributed by atoms with E-state index in [9.17, 15) is 9.59 Å². The zero-order valence-electron chi connectivity index (χ0n) is 12.8. The van der Waals surface area contributed by atoms with E-state index < -0.39 is 0 Å². The Morgan fingerprint density at radius 2 is 2.24 bits per heavy atom. The molecular formula is C14H22N4O2S. The summed E-state index contributed by atoms with van der Waals surface area (Å²) in [5, 5.41) is 5.76. The van der Waals surface area contributed by atoms with Crippen LogP contribution in [0.1, 0.15) is 31.9 Å². The molecule has 0 radical (unpaired) electrons. The Morgan fingerprint density at radius 3 is 2.86 bits per heavy atom. The van der Waals surface area contributed by atoms with E-state index in [1.54, 1.807) is 16.2 Å². The van der Waals surface area contributed by atoms with Crippen LogP contribution in [-0.4, -0.2) is 48.4 Å². The van der Waals surface area contributed by atoms with Crippen LogP contribution in [0.5, 0.6) is 0 Å². The van der Waals surface area contributed by atoms with Crippen molar-refractivity contribution >= 4 is 28.3 Å². The predicted octanol–water partition coefficient (Wildman–Crippen LogP) is 1.23. The molecule has 0 unspecified atom stereocenters. The Balaban J connectivity index is 1.92. The minimum Gasteiger partial charge on any atom is -0.354 e. The number of hydrogen-bond donors (Lipinski definition) is 1. The van der Waals surface area contributed by atoms with Gasteiger partial charge in [-0.15, -0.1) is 11.3 Å². The smallest absolute Gasteiger partial charge is 0.243 e. The Hall–Kier alpha value is -1.63. The molecule has 1 atom stereocenters. The number of piperidine rings is 1. The number of likely N-dealkylation sites (tertiary alicyclic amines) is 1. The minimum absolute atomic E-state index is 0.0293. The average Bonchev–Trinajstić information content (AvgIpc) is 2.94. The summed E-state index contributed by atoms with van der Waals surface area (Å²) in [4.78, 5) is 31.9. The summed E-state index contributed by atoms with van der Waals surface area (Å²) in [7, 11) is 3.88. The maximum absolute atomic E-state index is 12.3. The molecule has 1 aromatic rings. The lowest BCUT2D eigenvalue weighted by molar-refractivity contribution is -0.140. The Kier molecular flexibility index (Phi) is 5.17. The van der Waals surface area contributed by atoms with Crippen molar-refractivity contribution in [2.45, 2.75) is 38.8 Å². The molecule has 2 rings (SSSR count). The van der Waals surface area contributed by atoms with Crippen LogP contribution in [0.2, 0.25) is 0 Å². The molecule has 0 saturated carbocycles. The Bertz CT molecular complexity index is 515. The third-order valence-corrected chi connectivity index (χ3v) is 4.63. The molecule has 1 fully saturated rings. The van der Waals surface area contributed by atoms with E-state index in [1.807, 2.05) is 24.4 Å². The highest BCUT2D eigenvalue weighted by atomic mass is 32.1. The molecule has 1 N–H and O–H groups in total. The van der Waals surface area contributed by atoms with Crippen molar-refractivity contribution in [1.29, 1.82) is 0 Å². The first-order chi connectivity index (χ1) is 9.99. The van der Waals surface area contributed by atoms with Crippen LogP contribution in [0.15, 0.2) is 5.38 Å². The third-order valence-electron chi connectivity index (χ3n) is 3.58. The first-order valence-electron chi connectivity index (χ1n) is 7.15. The first kappa shape index (κ1) is 15.8. The molecule has 0 bridgehead atoms. The van der Waals surface area contributed by atoms with Gasteiger partial charge in [0.2, 0.25) is 11.8 Å². The molecule has 2 amide bonds. The summed E-state index contributed by atoms with van der Waals surface area (Å²) in [6.45, 7) is 2.61. The molecule has 116 valence electrons. The summed E-state index contributed by atoms with van der Waals surface area (Å²) in [5.74, 6) is -0.109. The number of aromatic nitrogens is 1. The van der Waals surface area contributed by atoms with Gasteiger partial charge in [0.05, 0.1) is 12.2 Å². The summed E-state index contributed by atoms with van der Waals surface area (Å²) in [5.41, 5.74) is 0.849. The fourth-order valence-corrected chi connectivity index (χ4v) is 3.22. The predicted molar refractivity (Wildman–Crippen MR) is 83.3 cm³/mol. The number of rotatable bonds is 4. The van der Waals surface area contributed by atoms with Crippen molar-refractivity contribution in [3.63, 3.8) is 0 Å². The lowest BCUT2D eigenvalue weighted by Crippen LogP contribution is -2.51. The largest absolute Gasteiger partial charge is 0.354 e. The zero-order valence-corrected chi connectivity index (χ0v) is 13.6. The number of amides is 2. The summed E-state index contributed by atoms with van der Waals surface area (Å²) in [6, 6.07) is -0.330. The number of thiazole rings is 1. The summed E-state index contributed by atoms with van der Waals surface area (Å²) < 4.78 is 0. The maximum Gasteiger partial charge on any atom is 0.243 e. The molecule has 0 aromatic carbocycles. The van der Waals surface area contributed by atoms with Gasteiger partial charge in [-0.05, 0) is 19.3 Å². The lowest BCUT2D eigenvalue weighted by Gasteiger charge is -2.33. The van der Waals surface area contributed by atoms with Gasteiger partial charge < -0.3 is 15.1 Å². The van der Waals surface area contributed by atoms with Crippen molar-refractivity contribution in [2.75, 3.05) is 25.5 Å². The molecule has 2 heterocycles. The van der Waals surface area contributed by atoms with E-state index in [0.29, 0.717) is 13.1 Å². The number of carbonyl (C=O) groups is 2. The van der Waals surface area contributed by atoms with Crippen LogP contribution in [0.25, 0.3) is 0 Å². The van der Waals surface area contributed by atoms with E-state index >= 15 is 0 Å². The second kappa shape index (κ2) is 6.89. The van der Waals surface area contributed by atoms with Gasteiger partial charge >= 0.3 is 0 Å². The molecular weight excluding hydrogens is 288 g/mol. The fraction of sp³-hybridized carbons (Fsp3) is 0.643. The quantitative estimate of drug-likeness (QED) is 0.908. The molecule has 0 spiro atoms. The normalized spacial score (nSPS) is 18.4. The fourth-order valence-electron chi connectivity index (χ4n) is 2.46. The van der Waals surface area contributed by atoms with Gasteiger partial charge in [0, 0.05) is 32.9 Å². The van der Waals surface area contributed by atoms with Crippen LogP contribution in [-0.2, 0) is 16.1 Å². The zero-order chi connectivity index (χ0) is 15.4. The second-order valence-corrected chi connectivity index (χ2v) is 6.29. The van der Waals surface area contributed by atoms with Crippen LogP contribution < -0.4 is 10.2 Å². The highest BCUT2D eigenvalue weighted by molar-refractivity contribution is 7.13. The van der Waals surface area contributed by atoms with Crippen molar-refractivity contribution in [3.8, 4) is 0 Å².